The minimum Gasteiger partial charge on any atom is -0.462 e. The van der Waals surface area contributed by atoms with E-state index < -0.39 is 6.29 Å². The van der Waals surface area contributed by atoms with E-state index in [1.54, 1.807) is 6.92 Å². The summed E-state index contributed by atoms with van der Waals surface area (Å²) in [5.41, 5.74) is 2.48. The van der Waals surface area contributed by atoms with Gasteiger partial charge in [0.15, 0.2) is 6.29 Å². The third-order valence-electron chi connectivity index (χ3n) is 0.596. The lowest BCUT2D eigenvalue weighted by atomic mass is 10.6. The Bertz CT molecular complexity index is 110. The summed E-state index contributed by atoms with van der Waals surface area (Å²) < 4.78 is 4.70. The van der Waals surface area contributed by atoms with Crippen molar-refractivity contribution in [3.8, 4) is 0 Å². The molecule has 8 heavy (non-hydrogen) atoms. The average Bonchev–Trinajstić information content (AvgIpc) is 1.65. The number of ether oxygens (including phenoxy) is 1. The maximum absolute atomic E-state index is 8.54. The van der Waals surface area contributed by atoms with Crippen LogP contribution in [-0.4, -0.2) is 11.4 Å². The minimum atomic E-state index is -0.760. The summed E-state index contributed by atoms with van der Waals surface area (Å²) in [6.45, 7) is 6.52. The van der Waals surface area contributed by atoms with Gasteiger partial charge in [0.1, 0.15) is 5.76 Å². The summed E-state index contributed by atoms with van der Waals surface area (Å²) in [7, 11) is 0. The van der Waals surface area contributed by atoms with E-state index in [0.29, 0.717) is 5.76 Å². The van der Waals surface area contributed by atoms with Gasteiger partial charge >= 0.3 is 0 Å². The maximum Gasteiger partial charge on any atom is 0.194 e. The van der Waals surface area contributed by atoms with Gasteiger partial charge in [0.25, 0.3) is 0 Å². The second-order valence-electron chi connectivity index (χ2n) is 1.45. The predicted octanol–water partition coefficient (Wildman–Crippen LogP) is 1.03. The second kappa shape index (κ2) is 3.30. The molecule has 0 aliphatic rings. The van der Waals surface area contributed by atoms with Crippen molar-refractivity contribution < 1.29 is 9.84 Å². The highest BCUT2D eigenvalue weighted by Gasteiger charge is 1.91. The molecule has 0 bridgehead atoms. The highest BCUT2D eigenvalue weighted by atomic mass is 16.6. The largest absolute Gasteiger partial charge is 0.462 e. The first kappa shape index (κ1) is 7.28. The van der Waals surface area contributed by atoms with E-state index >= 15 is 0 Å². The number of aliphatic hydroxyl groups is 1. The van der Waals surface area contributed by atoms with E-state index in [1.807, 2.05) is 0 Å². The quantitative estimate of drug-likeness (QED) is 0.330. The molecule has 0 spiro atoms. The summed E-state index contributed by atoms with van der Waals surface area (Å²) in [5.74, 6) is 0.514. The van der Waals surface area contributed by atoms with E-state index in [2.05, 4.69) is 12.3 Å². The summed E-state index contributed by atoms with van der Waals surface area (Å²) in [6.07, 6.45) is -0.760. The molecule has 0 saturated carbocycles. The molecule has 1 unspecified atom stereocenters. The van der Waals surface area contributed by atoms with Crippen LogP contribution in [0.5, 0.6) is 0 Å². The van der Waals surface area contributed by atoms with Crippen molar-refractivity contribution in [1.29, 1.82) is 0 Å². The topological polar surface area (TPSA) is 29.5 Å². The molecule has 0 aliphatic carbocycles. The molecular formula is C6H10O2. The SMILES string of the molecule is C=C=C(C)OC(C)O. The average molecular weight is 114 g/mol. The Morgan fingerprint density at radius 1 is 1.88 bits per heavy atom. The highest BCUT2D eigenvalue weighted by Crippen LogP contribution is 1.94. The van der Waals surface area contributed by atoms with Crippen LogP contribution in [0.1, 0.15) is 13.8 Å². The summed E-state index contributed by atoms with van der Waals surface area (Å²) in [5, 5.41) is 8.54. The number of hydrogen-bond acceptors (Lipinski definition) is 2. The fourth-order valence-electron chi connectivity index (χ4n) is 0.298. The van der Waals surface area contributed by atoms with Gasteiger partial charge in [0, 0.05) is 6.92 Å². The molecule has 0 aliphatic heterocycles. The van der Waals surface area contributed by atoms with E-state index in [1.165, 1.54) is 6.92 Å². The lowest BCUT2D eigenvalue weighted by Crippen LogP contribution is -2.02. The predicted molar refractivity (Wildman–Crippen MR) is 31.1 cm³/mol. The Hall–Kier alpha value is -0.720. The van der Waals surface area contributed by atoms with Crippen molar-refractivity contribution in [3.63, 3.8) is 0 Å². The molecule has 1 atom stereocenters. The molecule has 2 heteroatoms. The number of allylic oxidation sites excluding steroid dienone is 1. The third-order valence-corrected chi connectivity index (χ3v) is 0.596. The van der Waals surface area contributed by atoms with Crippen LogP contribution in [0.25, 0.3) is 0 Å². The molecule has 0 rings (SSSR count). The molecule has 46 valence electrons. The summed E-state index contributed by atoms with van der Waals surface area (Å²) in [4.78, 5) is 0. The van der Waals surface area contributed by atoms with Crippen molar-refractivity contribution >= 4 is 0 Å². The van der Waals surface area contributed by atoms with Gasteiger partial charge in [-0.1, -0.05) is 12.3 Å². The molecule has 0 aromatic rings. The molecule has 0 aromatic carbocycles. The zero-order valence-electron chi connectivity index (χ0n) is 5.14. The first-order chi connectivity index (χ1) is 3.66. The van der Waals surface area contributed by atoms with Crippen LogP contribution in [0.2, 0.25) is 0 Å². The van der Waals surface area contributed by atoms with Gasteiger partial charge in [0.2, 0.25) is 0 Å². The maximum atomic E-state index is 8.54. The fourth-order valence-corrected chi connectivity index (χ4v) is 0.298. The Morgan fingerprint density at radius 3 is 2.50 bits per heavy atom. The van der Waals surface area contributed by atoms with Gasteiger partial charge in [-0.2, -0.15) is 0 Å². The van der Waals surface area contributed by atoms with E-state index in [9.17, 15) is 0 Å². The van der Waals surface area contributed by atoms with Crippen molar-refractivity contribution in [1.82, 2.24) is 0 Å². The second-order valence-corrected chi connectivity index (χ2v) is 1.45. The Labute approximate surface area is 49.1 Å². The molecule has 0 heterocycles. The van der Waals surface area contributed by atoms with Gasteiger partial charge < -0.3 is 9.84 Å². The van der Waals surface area contributed by atoms with E-state index in [-0.39, 0.29) is 0 Å². The molecule has 2 nitrogen and oxygen atoms in total. The van der Waals surface area contributed by atoms with Gasteiger partial charge in [-0.05, 0) is 6.92 Å². The van der Waals surface area contributed by atoms with Crippen molar-refractivity contribution in [2.75, 3.05) is 0 Å². The summed E-state index contributed by atoms with van der Waals surface area (Å²) >= 11 is 0. The molecular weight excluding hydrogens is 104 g/mol. The Balaban J connectivity index is 3.56. The minimum absolute atomic E-state index is 0.514. The van der Waals surface area contributed by atoms with E-state index in [0.717, 1.165) is 0 Å². The van der Waals surface area contributed by atoms with Crippen LogP contribution < -0.4 is 0 Å². The molecule has 0 aromatic heterocycles. The van der Waals surface area contributed by atoms with Crippen LogP contribution in [0.15, 0.2) is 18.1 Å². The summed E-state index contributed by atoms with van der Waals surface area (Å²) in [6, 6.07) is 0. The first-order valence-electron chi connectivity index (χ1n) is 2.38. The van der Waals surface area contributed by atoms with Gasteiger partial charge in [-0.15, -0.1) is 0 Å². The van der Waals surface area contributed by atoms with Crippen molar-refractivity contribution in [3.05, 3.63) is 18.1 Å². The third kappa shape index (κ3) is 3.47. The number of aliphatic hydroxyl groups excluding tert-OH is 1. The molecule has 0 fully saturated rings. The number of hydrogen-bond donors (Lipinski definition) is 1. The van der Waals surface area contributed by atoms with Crippen LogP contribution in [-0.2, 0) is 4.74 Å². The normalized spacial score (nSPS) is 11.9. The molecule has 1 N–H and O–H groups in total. The Kier molecular flexibility index (Phi) is 3.01. The van der Waals surface area contributed by atoms with E-state index in [4.69, 9.17) is 9.84 Å². The van der Waals surface area contributed by atoms with Crippen molar-refractivity contribution in [2.24, 2.45) is 0 Å². The van der Waals surface area contributed by atoms with Crippen LogP contribution >= 0.6 is 0 Å². The lowest BCUT2D eigenvalue weighted by molar-refractivity contribution is -0.0484. The monoisotopic (exact) mass is 114 g/mol. The number of rotatable bonds is 2. The molecule has 0 saturated heterocycles. The molecule has 0 amide bonds. The standard InChI is InChI=1S/C6H10O2/c1-4-5(2)8-6(3)7/h6-7H,1H2,2-3H3. The van der Waals surface area contributed by atoms with Crippen molar-refractivity contribution in [2.45, 2.75) is 20.1 Å². The van der Waals surface area contributed by atoms with Gasteiger partial charge in [0.05, 0.1) is 0 Å². The zero-order valence-corrected chi connectivity index (χ0v) is 5.14. The Morgan fingerprint density at radius 2 is 2.38 bits per heavy atom. The fraction of sp³-hybridized carbons (Fsp3) is 0.500. The molecule has 0 radical (unpaired) electrons. The van der Waals surface area contributed by atoms with Crippen LogP contribution in [0, 0.1) is 0 Å². The van der Waals surface area contributed by atoms with Crippen LogP contribution in [0.3, 0.4) is 0 Å². The smallest absolute Gasteiger partial charge is 0.194 e. The zero-order chi connectivity index (χ0) is 6.57. The van der Waals surface area contributed by atoms with Crippen LogP contribution in [0.4, 0.5) is 0 Å². The van der Waals surface area contributed by atoms with Gasteiger partial charge in [-0.25, -0.2) is 0 Å². The highest BCUT2D eigenvalue weighted by molar-refractivity contribution is 4.82. The first-order valence-corrected chi connectivity index (χ1v) is 2.38. The lowest BCUT2D eigenvalue weighted by Gasteiger charge is -2.04. The van der Waals surface area contributed by atoms with Gasteiger partial charge in [-0.3, -0.25) is 0 Å².